The number of alkyl carbamates (subject to hydrolysis) is 1. The van der Waals surface area contributed by atoms with Gasteiger partial charge in [0.1, 0.15) is 6.61 Å². The lowest BCUT2D eigenvalue weighted by atomic mass is 9.94. The molecule has 1 aliphatic carbocycles. The van der Waals surface area contributed by atoms with Crippen LogP contribution in [0.15, 0.2) is 54.1 Å². The van der Waals surface area contributed by atoms with Crippen LogP contribution in [0.3, 0.4) is 0 Å². The van der Waals surface area contributed by atoms with Gasteiger partial charge >= 0.3 is 18.0 Å². The molecule has 0 fully saturated rings. The van der Waals surface area contributed by atoms with Crippen LogP contribution < -0.4 is 5.32 Å². The third-order valence-corrected chi connectivity index (χ3v) is 4.32. The quantitative estimate of drug-likeness (QED) is 0.237. The van der Waals surface area contributed by atoms with Gasteiger partial charge < -0.3 is 19.5 Å². The molecule has 164 valence electrons. The monoisotopic (exact) mass is 425 g/mol. The summed E-state index contributed by atoms with van der Waals surface area (Å²) in [6.45, 7) is 3.77. The number of ether oxygens (including phenoxy) is 3. The predicted octanol–water partition coefficient (Wildman–Crippen LogP) is 3.45. The van der Waals surface area contributed by atoms with E-state index in [4.69, 9.17) is 14.2 Å². The summed E-state index contributed by atoms with van der Waals surface area (Å²) in [6, 6.07) is 9.22. The molecule has 2 rings (SSSR count). The van der Waals surface area contributed by atoms with E-state index in [1.165, 1.54) is 6.08 Å². The van der Waals surface area contributed by atoms with E-state index in [1.54, 1.807) is 19.9 Å². The minimum atomic E-state index is -0.764. The average molecular weight is 425 g/mol. The Morgan fingerprint density at radius 3 is 2.74 bits per heavy atom. The Hall–Kier alpha value is -3.53. The minimum Gasteiger partial charge on any atom is -0.451 e. The number of hydrogen-bond acceptors (Lipinski definition) is 6. The van der Waals surface area contributed by atoms with E-state index in [0.29, 0.717) is 13.0 Å². The topological polar surface area (TPSA) is 90.9 Å². The van der Waals surface area contributed by atoms with Crippen LogP contribution in [0, 0.1) is 11.8 Å². The fourth-order valence-corrected chi connectivity index (χ4v) is 2.88. The lowest BCUT2D eigenvalue weighted by molar-refractivity contribution is -0.140. The zero-order chi connectivity index (χ0) is 22.5. The molecular formula is C24H27NO6. The predicted molar refractivity (Wildman–Crippen MR) is 115 cm³/mol. The van der Waals surface area contributed by atoms with E-state index in [9.17, 15) is 14.4 Å². The van der Waals surface area contributed by atoms with Gasteiger partial charge in [-0.1, -0.05) is 42.5 Å². The molecule has 0 heterocycles. The normalized spacial score (nSPS) is 16.3. The number of benzene rings is 1. The molecule has 7 heteroatoms. The van der Waals surface area contributed by atoms with Crippen LogP contribution in [0.2, 0.25) is 0 Å². The van der Waals surface area contributed by atoms with Gasteiger partial charge in [0.2, 0.25) is 0 Å². The zero-order valence-corrected chi connectivity index (χ0v) is 17.8. The van der Waals surface area contributed by atoms with Gasteiger partial charge in [-0.25, -0.2) is 14.4 Å². The molecule has 31 heavy (non-hydrogen) atoms. The van der Waals surface area contributed by atoms with Gasteiger partial charge in [-0.05, 0) is 50.2 Å². The summed E-state index contributed by atoms with van der Waals surface area (Å²) < 4.78 is 15.1. The van der Waals surface area contributed by atoms with Gasteiger partial charge in [-0.3, -0.25) is 0 Å². The molecule has 0 spiro atoms. The average Bonchev–Trinajstić information content (AvgIpc) is 2.76. The number of esters is 2. The van der Waals surface area contributed by atoms with Crippen molar-refractivity contribution in [3.63, 3.8) is 0 Å². The summed E-state index contributed by atoms with van der Waals surface area (Å²) in [5.74, 6) is 3.62. The summed E-state index contributed by atoms with van der Waals surface area (Å²) in [4.78, 5) is 35.2. The molecule has 1 amide bonds. The summed E-state index contributed by atoms with van der Waals surface area (Å²) in [5, 5.41) is 2.80. The van der Waals surface area contributed by atoms with Crippen LogP contribution in [0.5, 0.6) is 0 Å². The number of nitrogens with one attached hydrogen (secondary N) is 1. The van der Waals surface area contributed by atoms with Gasteiger partial charge in [0.05, 0.1) is 6.61 Å². The Kier molecular flexibility index (Phi) is 9.89. The highest BCUT2D eigenvalue weighted by molar-refractivity contribution is 5.88. The molecule has 1 aromatic carbocycles. The molecule has 1 aromatic rings. The van der Waals surface area contributed by atoms with Crippen molar-refractivity contribution in [2.45, 2.75) is 51.9 Å². The lowest BCUT2D eigenvalue weighted by Gasteiger charge is -2.22. The Balaban J connectivity index is 1.74. The van der Waals surface area contributed by atoms with E-state index < -0.39 is 24.1 Å². The van der Waals surface area contributed by atoms with Crippen LogP contribution in [-0.2, 0) is 30.4 Å². The lowest BCUT2D eigenvalue weighted by Crippen LogP contribution is -2.36. The molecule has 2 atom stereocenters. The maximum absolute atomic E-state index is 12.0. The first kappa shape index (κ1) is 23.7. The van der Waals surface area contributed by atoms with Crippen molar-refractivity contribution in [3.8, 4) is 11.8 Å². The first-order valence-electron chi connectivity index (χ1n) is 10.2. The second-order valence-electron chi connectivity index (χ2n) is 6.87. The largest absolute Gasteiger partial charge is 0.451 e. The molecule has 7 nitrogen and oxygen atoms in total. The Labute approximate surface area is 182 Å². The fraction of sp³-hybridized carbons (Fsp3) is 0.375. The highest BCUT2D eigenvalue weighted by Crippen LogP contribution is 2.19. The highest BCUT2D eigenvalue weighted by Gasteiger charge is 2.17. The van der Waals surface area contributed by atoms with Crippen LogP contribution in [0.4, 0.5) is 4.79 Å². The maximum Gasteiger partial charge on any atom is 0.407 e. The highest BCUT2D eigenvalue weighted by atomic mass is 16.6. The Bertz CT molecular complexity index is 878. The number of carbonyl (C=O) groups is 3. The third-order valence-electron chi connectivity index (χ3n) is 4.32. The Morgan fingerprint density at radius 2 is 2.00 bits per heavy atom. The summed E-state index contributed by atoms with van der Waals surface area (Å²) in [7, 11) is 0. The van der Waals surface area contributed by atoms with E-state index in [0.717, 1.165) is 24.0 Å². The number of amides is 1. The number of hydrogen-bond donors (Lipinski definition) is 1. The first-order valence-corrected chi connectivity index (χ1v) is 10.2. The molecule has 1 N–H and O–H groups in total. The number of carbonyl (C=O) groups excluding carboxylic acids is 3. The second-order valence-corrected chi connectivity index (χ2v) is 6.87. The van der Waals surface area contributed by atoms with Crippen LogP contribution >= 0.6 is 0 Å². The van der Waals surface area contributed by atoms with Crippen molar-refractivity contribution in [1.82, 2.24) is 5.32 Å². The maximum atomic E-state index is 12.0. The van der Waals surface area contributed by atoms with Crippen molar-refractivity contribution >= 4 is 18.0 Å². The molecule has 0 aliphatic heterocycles. The van der Waals surface area contributed by atoms with Crippen molar-refractivity contribution in [1.29, 1.82) is 0 Å². The van der Waals surface area contributed by atoms with Gasteiger partial charge in [0, 0.05) is 18.0 Å². The number of allylic oxidation sites excluding steroid dienone is 2. The SMILES string of the molecule is CCOC(=O)N[C@@H]1CCC=C(/C=C/C(=O)O[C@H](C)C#CC(=O)OCc2ccccc2)C1. The van der Waals surface area contributed by atoms with E-state index in [-0.39, 0.29) is 12.6 Å². The van der Waals surface area contributed by atoms with Gasteiger partial charge in [-0.15, -0.1) is 0 Å². The van der Waals surface area contributed by atoms with E-state index in [2.05, 4.69) is 17.2 Å². The van der Waals surface area contributed by atoms with Crippen LogP contribution in [0.1, 0.15) is 38.7 Å². The van der Waals surface area contributed by atoms with E-state index >= 15 is 0 Å². The third kappa shape index (κ3) is 9.68. The molecule has 0 saturated heterocycles. The molecule has 1 aliphatic rings. The molecule has 0 radical (unpaired) electrons. The first-order chi connectivity index (χ1) is 15.0. The summed E-state index contributed by atoms with van der Waals surface area (Å²) in [5.41, 5.74) is 1.78. The zero-order valence-electron chi connectivity index (χ0n) is 17.8. The Morgan fingerprint density at radius 1 is 1.23 bits per heavy atom. The fourth-order valence-electron chi connectivity index (χ4n) is 2.88. The van der Waals surface area contributed by atoms with Crippen LogP contribution in [0.25, 0.3) is 0 Å². The van der Waals surface area contributed by atoms with Crippen molar-refractivity contribution < 1.29 is 28.6 Å². The van der Waals surface area contributed by atoms with Crippen molar-refractivity contribution in [2.24, 2.45) is 0 Å². The molecular weight excluding hydrogens is 398 g/mol. The smallest absolute Gasteiger partial charge is 0.407 e. The van der Waals surface area contributed by atoms with Crippen molar-refractivity contribution in [3.05, 3.63) is 59.7 Å². The van der Waals surface area contributed by atoms with Crippen molar-refractivity contribution in [2.75, 3.05) is 6.61 Å². The van der Waals surface area contributed by atoms with Gasteiger partial charge in [0.15, 0.2) is 6.10 Å². The summed E-state index contributed by atoms with van der Waals surface area (Å²) >= 11 is 0. The van der Waals surface area contributed by atoms with Gasteiger partial charge in [0.25, 0.3) is 0 Å². The second kappa shape index (κ2) is 12.9. The number of rotatable bonds is 7. The molecule has 0 aromatic heterocycles. The van der Waals surface area contributed by atoms with Gasteiger partial charge in [-0.2, -0.15) is 0 Å². The molecule has 0 unspecified atom stereocenters. The standard InChI is InChI=1S/C24H27NO6/c1-3-29-24(28)25-21-11-7-10-19(16-21)13-15-23(27)31-18(2)12-14-22(26)30-17-20-8-5-4-6-9-20/h4-6,8-10,13,15,18,21H,3,7,11,16-17H2,1-2H3,(H,25,28)/b15-13+/t18-,21-/m1/s1. The summed E-state index contributed by atoms with van der Waals surface area (Å²) in [6.07, 6.45) is 5.99. The van der Waals surface area contributed by atoms with Crippen LogP contribution in [-0.4, -0.2) is 36.8 Å². The minimum absolute atomic E-state index is 0.0357. The molecule has 0 saturated carbocycles. The van der Waals surface area contributed by atoms with E-state index in [1.807, 2.05) is 36.4 Å². The molecule has 0 bridgehead atoms.